The van der Waals surface area contributed by atoms with Crippen molar-refractivity contribution in [1.82, 2.24) is 5.32 Å². The number of benzene rings is 1. The minimum absolute atomic E-state index is 0.275. The van der Waals surface area contributed by atoms with Crippen molar-refractivity contribution in [3.05, 3.63) is 34.9 Å². The number of carbonyl (C=O) groups excluding carboxylic acids is 1. The third-order valence-electron chi connectivity index (χ3n) is 4.44. The molecule has 2 nitrogen and oxygen atoms in total. The summed E-state index contributed by atoms with van der Waals surface area (Å²) in [5, 5.41) is 3.49. The number of nitrogens with one attached hydrogen (secondary N) is 1. The molecule has 1 fully saturated rings. The highest BCUT2D eigenvalue weighted by molar-refractivity contribution is 5.96. The van der Waals surface area contributed by atoms with Crippen molar-refractivity contribution in [2.75, 3.05) is 6.54 Å². The lowest BCUT2D eigenvalue weighted by Crippen LogP contribution is -2.39. The van der Waals surface area contributed by atoms with Crippen molar-refractivity contribution in [3.8, 4) is 0 Å². The van der Waals surface area contributed by atoms with Gasteiger partial charge >= 0.3 is 0 Å². The highest BCUT2D eigenvalue weighted by Crippen LogP contribution is 2.22. The van der Waals surface area contributed by atoms with Crippen molar-refractivity contribution in [3.63, 3.8) is 0 Å². The Kier molecular flexibility index (Phi) is 4.76. The van der Waals surface area contributed by atoms with E-state index in [2.05, 4.69) is 26.1 Å². The Balaban J connectivity index is 1.98. The van der Waals surface area contributed by atoms with Crippen LogP contribution in [0.3, 0.4) is 0 Å². The fourth-order valence-electron chi connectivity index (χ4n) is 2.88. The molecule has 1 aliphatic rings. The number of ketones is 1. The van der Waals surface area contributed by atoms with Crippen LogP contribution in [0, 0.1) is 19.8 Å². The predicted octanol–water partition coefficient (Wildman–Crippen LogP) is 3.65. The maximum absolute atomic E-state index is 12.3. The van der Waals surface area contributed by atoms with E-state index >= 15 is 0 Å². The summed E-state index contributed by atoms with van der Waals surface area (Å²) in [6.07, 6.45) is 4.27. The molecule has 1 aliphatic heterocycles. The quantitative estimate of drug-likeness (QED) is 0.836. The van der Waals surface area contributed by atoms with Gasteiger partial charge in [-0.3, -0.25) is 4.79 Å². The largest absolute Gasteiger partial charge is 0.314 e. The lowest BCUT2D eigenvalue weighted by atomic mass is 9.87. The van der Waals surface area contributed by atoms with E-state index in [4.69, 9.17) is 0 Å². The molecule has 2 rings (SSSR count). The van der Waals surface area contributed by atoms with Crippen LogP contribution in [0.5, 0.6) is 0 Å². The summed E-state index contributed by atoms with van der Waals surface area (Å²) in [7, 11) is 0. The summed E-state index contributed by atoms with van der Waals surface area (Å²) in [5.74, 6) is 1.07. The molecule has 1 N–H and O–H groups in total. The standard InChI is InChI=1S/C17H25NO/c1-4-14-7-8-18-16(10-14)11-17(19)15-6-5-12(2)13(3)9-15/h5-6,9,14,16,18H,4,7-8,10-11H2,1-3H3. The topological polar surface area (TPSA) is 29.1 Å². The molecule has 2 atom stereocenters. The molecule has 0 spiro atoms. The maximum Gasteiger partial charge on any atom is 0.164 e. The second kappa shape index (κ2) is 6.33. The summed E-state index contributed by atoms with van der Waals surface area (Å²) < 4.78 is 0. The van der Waals surface area contributed by atoms with E-state index in [0.29, 0.717) is 12.5 Å². The van der Waals surface area contributed by atoms with Gasteiger partial charge in [0.15, 0.2) is 5.78 Å². The first kappa shape index (κ1) is 14.3. The first-order chi connectivity index (χ1) is 9.10. The molecule has 1 aromatic carbocycles. The summed E-state index contributed by atoms with van der Waals surface area (Å²) >= 11 is 0. The van der Waals surface area contributed by atoms with Crippen LogP contribution in [0.4, 0.5) is 0 Å². The van der Waals surface area contributed by atoms with Gasteiger partial charge in [0.25, 0.3) is 0 Å². The summed E-state index contributed by atoms with van der Waals surface area (Å²) in [6, 6.07) is 6.40. The molecule has 1 heterocycles. The average Bonchev–Trinajstić information content (AvgIpc) is 2.42. The monoisotopic (exact) mass is 259 g/mol. The Morgan fingerprint density at radius 1 is 1.32 bits per heavy atom. The van der Waals surface area contributed by atoms with Crippen LogP contribution in [0.15, 0.2) is 18.2 Å². The van der Waals surface area contributed by atoms with Gasteiger partial charge in [-0.05, 0) is 56.3 Å². The molecule has 0 bridgehead atoms. The van der Waals surface area contributed by atoms with Gasteiger partial charge in [0.1, 0.15) is 0 Å². The van der Waals surface area contributed by atoms with E-state index in [1.165, 1.54) is 24.0 Å². The van der Waals surface area contributed by atoms with E-state index in [9.17, 15) is 4.79 Å². The van der Waals surface area contributed by atoms with Gasteiger partial charge in [-0.15, -0.1) is 0 Å². The van der Waals surface area contributed by atoms with Gasteiger partial charge in [0.2, 0.25) is 0 Å². The van der Waals surface area contributed by atoms with E-state index in [0.717, 1.165) is 24.4 Å². The van der Waals surface area contributed by atoms with Gasteiger partial charge in [-0.25, -0.2) is 0 Å². The van der Waals surface area contributed by atoms with Crippen molar-refractivity contribution in [1.29, 1.82) is 0 Å². The zero-order valence-electron chi connectivity index (χ0n) is 12.3. The third-order valence-corrected chi connectivity index (χ3v) is 4.44. The Labute approximate surface area is 116 Å². The van der Waals surface area contributed by atoms with Gasteiger partial charge in [-0.2, -0.15) is 0 Å². The summed E-state index contributed by atoms with van der Waals surface area (Å²) in [5.41, 5.74) is 3.32. The Morgan fingerprint density at radius 3 is 2.79 bits per heavy atom. The van der Waals surface area contributed by atoms with Crippen molar-refractivity contribution in [2.24, 2.45) is 5.92 Å². The van der Waals surface area contributed by atoms with Crippen LogP contribution in [0.25, 0.3) is 0 Å². The predicted molar refractivity (Wildman–Crippen MR) is 79.7 cm³/mol. The third kappa shape index (κ3) is 3.66. The Bertz CT molecular complexity index is 453. The zero-order valence-corrected chi connectivity index (χ0v) is 12.3. The molecule has 19 heavy (non-hydrogen) atoms. The van der Waals surface area contributed by atoms with Crippen LogP contribution < -0.4 is 5.32 Å². The molecule has 0 radical (unpaired) electrons. The van der Waals surface area contributed by atoms with Crippen molar-refractivity contribution in [2.45, 2.75) is 52.5 Å². The number of rotatable bonds is 4. The lowest BCUT2D eigenvalue weighted by Gasteiger charge is -2.29. The SMILES string of the molecule is CCC1CCNC(CC(=O)c2ccc(C)c(C)c2)C1. The number of piperidine rings is 1. The molecular weight excluding hydrogens is 234 g/mol. The van der Waals surface area contributed by atoms with E-state index in [1.54, 1.807) is 0 Å². The van der Waals surface area contributed by atoms with Crippen molar-refractivity contribution < 1.29 is 4.79 Å². The van der Waals surface area contributed by atoms with Crippen molar-refractivity contribution >= 4 is 5.78 Å². The van der Waals surface area contributed by atoms with Gasteiger partial charge in [0.05, 0.1) is 0 Å². The zero-order chi connectivity index (χ0) is 13.8. The number of hydrogen-bond donors (Lipinski definition) is 1. The Hall–Kier alpha value is -1.15. The maximum atomic E-state index is 12.3. The van der Waals surface area contributed by atoms with Crippen LogP contribution in [-0.4, -0.2) is 18.4 Å². The van der Waals surface area contributed by atoms with E-state index < -0.39 is 0 Å². The average molecular weight is 259 g/mol. The van der Waals surface area contributed by atoms with Crippen LogP contribution >= 0.6 is 0 Å². The summed E-state index contributed by atoms with van der Waals surface area (Å²) in [4.78, 5) is 12.3. The second-order valence-corrected chi connectivity index (χ2v) is 5.88. The molecule has 1 aromatic rings. The fourth-order valence-corrected chi connectivity index (χ4v) is 2.88. The molecule has 104 valence electrons. The summed E-state index contributed by atoms with van der Waals surface area (Å²) in [6.45, 7) is 7.46. The van der Waals surface area contributed by atoms with E-state index in [1.807, 2.05) is 18.2 Å². The van der Waals surface area contributed by atoms with Gasteiger partial charge in [-0.1, -0.05) is 25.5 Å². The molecule has 0 aromatic heterocycles. The molecular formula is C17H25NO. The van der Waals surface area contributed by atoms with E-state index in [-0.39, 0.29) is 5.78 Å². The van der Waals surface area contributed by atoms with Crippen LogP contribution in [0.2, 0.25) is 0 Å². The molecule has 2 heteroatoms. The first-order valence-electron chi connectivity index (χ1n) is 7.44. The highest BCUT2D eigenvalue weighted by Gasteiger charge is 2.22. The molecule has 1 saturated heterocycles. The first-order valence-corrected chi connectivity index (χ1v) is 7.44. The van der Waals surface area contributed by atoms with Gasteiger partial charge in [0, 0.05) is 18.0 Å². The molecule has 0 saturated carbocycles. The number of hydrogen-bond acceptors (Lipinski definition) is 2. The lowest BCUT2D eigenvalue weighted by molar-refractivity contribution is 0.0957. The number of carbonyl (C=O) groups is 1. The Morgan fingerprint density at radius 2 is 2.11 bits per heavy atom. The van der Waals surface area contributed by atoms with Crippen LogP contribution in [-0.2, 0) is 0 Å². The minimum atomic E-state index is 0.275. The smallest absolute Gasteiger partial charge is 0.164 e. The number of Topliss-reactive ketones (excluding diaryl/α,β-unsaturated/α-hetero) is 1. The van der Waals surface area contributed by atoms with Crippen LogP contribution in [0.1, 0.15) is 54.1 Å². The van der Waals surface area contributed by atoms with Gasteiger partial charge < -0.3 is 5.32 Å². The highest BCUT2D eigenvalue weighted by atomic mass is 16.1. The number of aryl methyl sites for hydroxylation is 2. The molecule has 2 unspecified atom stereocenters. The second-order valence-electron chi connectivity index (χ2n) is 5.88. The normalized spacial score (nSPS) is 23.3. The minimum Gasteiger partial charge on any atom is -0.314 e. The molecule has 0 amide bonds. The molecule has 0 aliphatic carbocycles. The fraction of sp³-hybridized carbons (Fsp3) is 0.588.